The second-order valence-corrected chi connectivity index (χ2v) is 6.55. The third-order valence-electron chi connectivity index (χ3n) is 2.78. The van der Waals surface area contributed by atoms with Gasteiger partial charge in [-0.25, -0.2) is 8.78 Å². The summed E-state index contributed by atoms with van der Waals surface area (Å²) in [6.07, 6.45) is 0.365. The Balaban J connectivity index is 2.86. The zero-order valence-corrected chi connectivity index (χ0v) is 12.9. The van der Waals surface area contributed by atoms with Gasteiger partial charge in [0, 0.05) is 18.2 Å². The van der Waals surface area contributed by atoms with Crippen molar-refractivity contribution < 1.29 is 8.78 Å². The molecule has 0 aliphatic rings. The van der Waals surface area contributed by atoms with E-state index in [0.717, 1.165) is 6.54 Å². The van der Waals surface area contributed by atoms with Gasteiger partial charge in [-0.1, -0.05) is 27.7 Å². The normalized spacial score (nSPS) is 12.2. The van der Waals surface area contributed by atoms with Crippen molar-refractivity contribution in [3.05, 3.63) is 33.8 Å². The Hall–Kier alpha value is -0.480. The number of hydrogen-bond acceptors (Lipinski definition) is 1. The van der Waals surface area contributed by atoms with Gasteiger partial charge in [0.05, 0.1) is 4.47 Å². The van der Waals surface area contributed by atoms with Crippen molar-refractivity contribution in [1.82, 2.24) is 5.32 Å². The van der Waals surface area contributed by atoms with E-state index >= 15 is 0 Å². The first-order chi connectivity index (χ1) is 8.23. The molecule has 0 unspecified atom stereocenters. The van der Waals surface area contributed by atoms with Crippen LogP contribution < -0.4 is 5.32 Å². The van der Waals surface area contributed by atoms with E-state index < -0.39 is 11.6 Å². The highest BCUT2D eigenvalue weighted by molar-refractivity contribution is 9.10. The molecule has 18 heavy (non-hydrogen) atoms. The quantitative estimate of drug-likeness (QED) is 0.798. The standard InChI is InChI=1S/C14H20BrF2N/c1-9(2)18-8-14(3,4)7-10-12(16)6-5-11(15)13(10)17/h5-6,9,18H,7-8H2,1-4H3. The van der Waals surface area contributed by atoms with Crippen LogP contribution in [-0.4, -0.2) is 12.6 Å². The third kappa shape index (κ3) is 4.32. The van der Waals surface area contributed by atoms with Crippen LogP contribution in [0.25, 0.3) is 0 Å². The number of rotatable bonds is 5. The SMILES string of the molecule is CC(C)NCC(C)(C)Cc1c(F)ccc(Br)c1F. The summed E-state index contributed by atoms with van der Waals surface area (Å²) < 4.78 is 27.9. The van der Waals surface area contributed by atoms with Gasteiger partial charge < -0.3 is 5.32 Å². The van der Waals surface area contributed by atoms with E-state index in [-0.39, 0.29) is 11.0 Å². The van der Waals surface area contributed by atoms with Crippen molar-refractivity contribution in [2.75, 3.05) is 6.54 Å². The van der Waals surface area contributed by atoms with Gasteiger partial charge in [0.1, 0.15) is 11.6 Å². The summed E-state index contributed by atoms with van der Waals surface area (Å²) in [7, 11) is 0. The fourth-order valence-corrected chi connectivity index (χ4v) is 2.12. The van der Waals surface area contributed by atoms with E-state index in [1.807, 2.05) is 13.8 Å². The average molecular weight is 320 g/mol. The molecule has 0 radical (unpaired) electrons. The first-order valence-electron chi connectivity index (χ1n) is 6.09. The monoisotopic (exact) mass is 319 g/mol. The van der Waals surface area contributed by atoms with Crippen LogP contribution >= 0.6 is 15.9 Å². The molecule has 1 N–H and O–H groups in total. The summed E-state index contributed by atoms with van der Waals surface area (Å²) in [4.78, 5) is 0. The molecular weight excluding hydrogens is 300 g/mol. The topological polar surface area (TPSA) is 12.0 Å². The van der Waals surface area contributed by atoms with Crippen LogP contribution in [0, 0.1) is 17.0 Å². The maximum absolute atomic E-state index is 13.9. The van der Waals surface area contributed by atoms with Crippen LogP contribution in [0.2, 0.25) is 0 Å². The molecule has 0 fully saturated rings. The van der Waals surface area contributed by atoms with E-state index in [1.54, 1.807) is 0 Å². The zero-order chi connectivity index (χ0) is 13.9. The van der Waals surface area contributed by atoms with Crippen LogP contribution in [-0.2, 0) is 6.42 Å². The molecular formula is C14H20BrF2N. The van der Waals surface area contributed by atoms with Gasteiger partial charge in [0.15, 0.2) is 0 Å². The Morgan fingerprint density at radius 2 is 1.89 bits per heavy atom. The molecule has 1 aromatic rings. The molecule has 1 nitrogen and oxygen atoms in total. The largest absolute Gasteiger partial charge is 0.314 e. The fourth-order valence-electron chi connectivity index (χ4n) is 1.75. The third-order valence-corrected chi connectivity index (χ3v) is 3.40. The van der Waals surface area contributed by atoms with E-state index in [2.05, 4.69) is 35.1 Å². The fraction of sp³-hybridized carbons (Fsp3) is 0.571. The van der Waals surface area contributed by atoms with E-state index in [0.29, 0.717) is 16.9 Å². The van der Waals surface area contributed by atoms with E-state index in [4.69, 9.17) is 0 Å². The summed E-state index contributed by atoms with van der Waals surface area (Å²) in [5.74, 6) is -0.971. The lowest BCUT2D eigenvalue weighted by Gasteiger charge is -2.27. The molecule has 1 rings (SSSR count). The highest BCUT2D eigenvalue weighted by Crippen LogP contribution is 2.28. The smallest absolute Gasteiger partial charge is 0.143 e. The Kier molecular flexibility index (Phi) is 5.29. The molecule has 0 saturated heterocycles. The maximum Gasteiger partial charge on any atom is 0.143 e. The van der Waals surface area contributed by atoms with Crippen molar-refractivity contribution in [1.29, 1.82) is 0 Å². The molecule has 0 aliphatic carbocycles. The minimum atomic E-state index is -0.493. The molecule has 0 spiro atoms. The second-order valence-electron chi connectivity index (χ2n) is 5.70. The van der Waals surface area contributed by atoms with Crippen LogP contribution in [0.3, 0.4) is 0 Å². The minimum absolute atomic E-state index is 0.153. The van der Waals surface area contributed by atoms with Crippen molar-refractivity contribution >= 4 is 15.9 Å². The Morgan fingerprint density at radius 1 is 1.28 bits per heavy atom. The molecule has 0 atom stereocenters. The van der Waals surface area contributed by atoms with Crippen LogP contribution in [0.1, 0.15) is 33.3 Å². The Morgan fingerprint density at radius 3 is 2.44 bits per heavy atom. The first-order valence-corrected chi connectivity index (χ1v) is 6.88. The van der Waals surface area contributed by atoms with Crippen LogP contribution in [0.15, 0.2) is 16.6 Å². The number of hydrogen-bond donors (Lipinski definition) is 1. The molecule has 0 heterocycles. The summed E-state index contributed by atoms with van der Waals surface area (Å²) in [6, 6.07) is 3.06. The molecule has 0 amide bonds. The van der Waals surface area contributed by atoms with Crippen LogP contribution in [0.4, 0.5) is 8.78 Å². The summed E-state index contributed by atoms with van der Waals surface area (Å²) in [5.41, 5.74) is -0.0489. The summed E-state index contributed by atoms with van der Waals surface area (Å²) in [6.45, 7) is 8.83. The maximum atomic E-state index is 13.9. The molecule has 1 aromatic carbocycles. The van der Waals surface area contributed by atoms with Gasteiger partial charge in [-0.15, -0.1) is 0 Å². The molecule has 0 aromatic heterocycles. The van der Waals surface area contributed by atoms with Gasteiger partial charge in [0.25, 0.3) is 0 Å². The van der Waals surface area contributed by atoms with Gasteiger partial charge in [-0.2, -0.15) is 0 Å². The predicted molar refractivity (Wildman–Crippen MR) is 74.7 cm³/mol. The lowest BCUT2D eigenvalue weighted by Crippen LogP contribution is -2.35. The average Bonchev–Trinajstić information content (AvgIpc) is 2.27. The lowest BCUT2D eigenvalue weighted by molar-refractivity contribution is 0.316. The van der Waals surface area contributed by atoms with Crippen molar-refractivity contribution in [2.45, 2.75) is 40.2 Å². The van der Waals surface area contributed by atoms with E-state index in [9.17, 15) is 8.78 Å². The highest BCUT2D eigenvalue weighted by atomic mass is 79.9. The number of nitrogens with one attached hydrogen (secondary N) is 1. The predicted octanol–water partition coefficient (Wildman–Crippen LogP) is 4.29. The summed E-state index contributed by atoms with van der Waals surface area (Å²) >= 11 is 3.09. The van der Waals surface area contributed by atoms with Gasteiger partial charge in [-0.05, 0) is 39.9 Å². The number of benzene rings is 1. The van der Waals surface area contributed by atoms with Gasteiger partial charge in [0.2, 0.25) is 0 Å². The Bertz CT molecular complexity index is 417. The molecule has 0 saturated carbocycles. The lowest BCUT2D eigenvalue weighted by atomic mass is 9.85. The zero-order valence-electron chi connectivity index (χ0n) is 11.3. The van der Waals surface area contributed by atoms with Crippen molar-refractivity contribution in [3.8, 4) is 0 Å². The minimum Gasteiger partial charge on any atom is -0.314 e. The molecule has 0 bridgehead atoms. The summed E-state index contributed by atoms with van der Waals surface area (Å²) in [5, 5.41) is 3.30. The van der Waals surface area contributed by atoms with Crippen molar-refractivity contribution in [2.24, 2.45) is 5.41 Å². The molecule has 102 valence electrons. The van der Waals surface area contributed by atoms with Gasteiger partial charge >= 0.3 is 0 Å². The second kappa shape index (κ2) is 6.11. The highest BCUT2D eigenvalue weighted by Gasteiger charge is 2.23. The first kappa shape index (κ1) is 15.6. The van der Waals surface area contributed by atoms with E-state index in [1.165, 1.54) is 12.1 Å². The molecule has 4 heteroatoms. The van der Waals surface area contributed by atoms with Gasteiger partial charge in [-0.3, -0.25) is 0 Å². The van der Waals surface area contributed by atoms with Crippen molar-refractivity contribution in [3.63, 3.8) is 0 Å². The van der Waals surface area contributed by atoms with Crippen LogP contribution in [0.5, 0.6) is 0 Å². The Labute approximate surface area is 116 Å². The molecule has 0 aliphatic heterocycles. The number of halogens is 3.